The van der Waals surface area contributed by atoms with Gasteiger partial charge in [-0.3, -0.25) is 0 Å². The molecule has 0 saturated carbocycles. The van der Waals surface area contributed by atoms with Gasteiger partial charge in [-0.25, -0.2) is 14.8 Å². The molecule has 0 aromatic carbocycles. The highest BCUT2D eigenvalue weighted by Crippen LogP contribution is 2.11. The average Bonchev–Trinajstić information content (AvgIpc) is 2.51. The van der Waals surface area contributed by atoms with Gasteiger partial charge in [0.25, 0.3) is 0 Å². The Bertz CT molecular complexity index is 155. The minimum absolute atomic E-state index is 0.620. The lowest BCUT2D eigenvalue weighted by Gasteiger charge is -2.28. The number of hydrogen-bond acceptors (Lipinski definition) is 2. The van der Waals surface area contributed by atoms with Gasteiger partial charge in [-0.1, -0.05) is 6.92 Å². The van der Waals surface area contributed by atoms with Crippen molar-refractivity contribution in [3.63, 3.8) is 0 Å². The number of nitrogens with zero attached hydrogens (tertiary/aromatic N) is 2. The molecule has 1 fully saturated rings. The monoisotopic (exact) mass is 172 g/mol. The molecule has 1 aliphatic rings. The van der Waals surface area contributed by atoms with Crippen molar-refractivity contribution in [2.75, 3.05) is 19.6 Å². The first-order chi connectivity index (χ1) is 5.75. The standard InChI is InChI=1S/C8H16N2O2/c1-2-5-10(8(11)12)9-6-3-4-7-9/h2-7H2,1H3,(H,11,12). The first-order valence-electron chi connectivity index (χ1n) is 4.51. The maximum absolute atomic E-state index is 10.8. The predicted molar refractivity (Wildman–Crippen MR) is 45.8 cm³/mol. The molecule has 0 atom stereocenters. The molecule has 1 N–H and O–H groups in total. The first-order valence-corrected chi connectivity index (χ1v) is 4.51. The molecule has 0 aromatic rings. The van der Waals surface area contributed by atoms with Gasteiger partial charge in [0.1, 0.15) is 0 Å². The van der Waals surface area contributed by atoms with Crippen LogP contribution in [0.25, 0.3) is 0 Å². The minimum atomic E-state index is -0.821. The summed E-state index contributed by atoms with van der Waals surface area (Å²) < 4.78 is 0. The van der Waals surface area contributed by atoms with Crippen LogP contribution in [0.2, 0.25) is 0 Å². The quantitative estimate of drug-likeness (QED) is 0.699. The lowest BCUT2D eigenvalue weighted by molar-refractivity contribution is 0.00949. The Morgan fingerprint density at radius 2 is 2.08 bits per heavy atom. The maximum Gasteiger partial charge on any atom is 0.421 e. The van der Waals surface area contributed by atoms with E-state index in [1.54, 1.807) is 0 Å². The topological polar surface area (TPSA) is 43.8 Å². The van der Waals surface area contributed by atoms with Crippen molar-refractivity contribution in [3.8, 4) is 0 Å². The van der Waals surface area contributed by atoms with Crippen LogP contribution in [0.5, 0.6) is 0 Å². The highest BCUT2D eigenvalue weighted by Gasteiger charge is 2.22. The van der Waals surface area contributed by atoms with Crippen LogP contribution in [-0.2, 0) is 0 Å². The predicted octanol–water partition coefficient (Wildman–Crippen LogP) is 1.39. The van der Waals surface area contributed by atoms with Crippen LogP contribution < -0.4 is 0 Å². The third-order valence-corrected chi connectivity index (χ3v) is 2.08. The summed E-state index contributed by atoms with van der Waals surface area (Å²) >= 11 is 0. The van der Waals surface area contributed by atoms with Crippen LogP contribution >= 0.6 is 0 Å². The van der Waals surface area contributed by atoms with Gasteiger partial charge < -0.3 is 5.11 Å². The van der Waals surface area contributed by atoms with Crippen LogP contribution in [0, 0.1) is 0 Å². The normalized spacial score (nSPS) is 18.1. The summed E-state index contributed by atoms with van der Waals surface area (Å²) in [5.74, 6) is 0. The molecular weight excluding hydrogens is 156 g/mol. The second kappa shape index (κ2) is 4.30. The van der Waals surface area contributed by atoms with E-state index in [0.717, 1.165) is 32.4 Å². The van der Waals surface area contributed by atoms with Gasteiger partial charge in [-0.05, 0) is 19.3 Å². The molecule has 0 spiro atoms. The Kier molecular flexibility index (Phi) is 3.34. The van der Waals surface area contributed by atoms with Crippen molar-refractivity contribution in [1.82, 2.24) is 10.0 Å². The summed E-state index contributed by atoms with van der Waals surface area (Å²) in [5, 5.41) is 12.2. The summed E-state index contributed by atoms with van der Waals surface area (Å²) in [6.45, 7) is 4.40. The molecule has 0 unspecified atom stereocenters. The SMILES string of the molecule is CCCN(C(=O)O)N1CCCC1. The Balaban J connectivity index is 2.45. The molecule has 0 bridgehead atoms. The summed E-state index contributed by atoms with van der Waals surface area (Å²) in [5.41, 5.74) is 0. The maximum atomic E-state index is 10.8. The summed E-state index contributed by atoms with van der Waals surface area (Å²) in [6, 6.07) is 0. The molecule has 12 heavy (non-hydrogen) atoms. The fraction of sp³-hybridized carbons (Fsp3) is 0.875. The minimum Gasteiger partial charge on any atom is -0.464 e. The van der Waals surface area contributed by atoms with Crippen LogP contribution in [0.15, 0.2) is 0 Å². The van der Waals surface area contributed by atoms with Crippen molar-refractivity contribution in [2.24, 2.45) is 0 Å². The van der Waals surface area contributed by atoms with Gasteiger partial charge in [0.05, 0.1) is 0 Å². The van der Waals surface area contributed by atoms with Crippen LogP contribution in [-0.4, -0.2) is 40.9 Å². The smallest absolute Gasteiger partial charge is 0.421 e. The van der Waals surface area contributed by atoms with Gasteiger partial charge in [0.2, 0.25) is 0 Å². The lowest BCUT2D eigenvalue weighted by Crippen LogP contribution is -2.44. The Morgan fingerprint density at radius 1 is 1.50 bits per heavy atom. The molecule has 1 saturated heterocycles. The number of carboxylic acid groups (broad SMARTS) is 1. The van der Waals surface area contributed by atoms with Crippen molar-refractivity contribution >= 4 is 6.09 Å². The molecule has 4 heteroatoms. The van der Waals surface area contributed by atoms with Crippen molar-refractivity contribution in [3.05, 3.63) is 0 Å². The third kappa shape index (κ3) is 2.11. The van der Waals surface area contributed by atoms with Crippen LogP contribution in [0.4, 0.5) is 4.79 Å². The lowest BCUT2D eigenvalue weighted by atomic mass is 10.4. The van der Waals surface area contributed by atoms with Gasteiger partial charge in [0, 0.05) is 19.6 Å². The molecule has 1 rings (SSSR count). The summed E-state index contributed by atoms with van der Waals surface area (Å²) in [6.07, 6.45) is 2.29. The fourth-order valence-corrected chi connectivity index (χ4v) is 1.51. The molecule has 0 radical (unpaired) electrons. The zero-order chi connectivity index (χ0) is 8.97. The molecule has 4 nitrogen and oxygen atoms in total. The number of hydrazine groups is 1. The van der Waals surface area contributed by atoms with E-state index < -0.39 is 6.09 Å². The second-order valence-corrected chi connectivity index (χ2v) is 3.07. The van der Waals surface area contributed by atoms with Gasteiger partial charge in [-0.2, -0.15) is 0 Å². The van der Waals surface area contributed by atoms with Crippen LogP contribution in [0.3, 0.4) is 0 Å². The fourth-order valence-electron chi connectivity index (χ4n) is 1.51. The second-order valence-electron chi connectivity index (χ2n) is 3.07. The van der Waals surface area contributed by atoms with E-state index in [9.17, 15) is 4.79 Å². The average molecular weight is 172 g/mol. The van der Waals surface area contributed by atoms with Gasteiger partial charge >= 0.3 is 6.09 Å². The zero-order valence-corrected chi connectivity index (χ0v) is 7.49. The highest BCUT2D eigenvalue weighted by atomic mass is 16.4. The summed E-state index contributed by atoms with van der Waals surface area (Å²) in [4.78, 5) is 10.8. The number of carbonyl (C=O) groups is 1. The number of amides is 1. The summed E-state index contributed by atoms with van der Waals surface area (Å²) in [7, 11) is 0. The Hall–Kier alpha value is -0.770. The molecule has 1 aliphatic heterocycles. The largest absolute Gasteiger partial charge is 0.464 e. The Morgan fingerprint density at radius 3 is 2.50 bits per heavy atom. The van der Waals surface area contributed by atoms with E-state index in [4.69, 9.17) is 5.11 Å². The first kappa shape index (κ1) is 9.32. The van der Waals surface area contributed by atoms with Crippen molar-refractivity contribution < 1.29 is 9.90 Å². The zero-order valence-electron chi connectivity index (χ0n) is 7.49. The molecule has 0 aliphatic carbocycles. The van der Waals surface area contributed by atoms with E-state index in [-0.39, 0.29) is 0 Å². The van der Waals surface area contributed by atoms with Crippen molar-refractivity contribution in [1.29, 1.82) is 0 Å². The van der Waals surface area contributed by atoms with Gasteiger partial charge in [0.15, 0.2) is 0 Å². The number of hydrogen-bond donors (Lipinski definition) is 1. The van der Waals surface area contributed by atoms with E-state index in [2.05, 4.69) is 0 Å². The highest BCUT2D eigenvalue weighted by molar-refractivity contribution is 5.64. The van der Waals surface area contributed by atoms with E-state index in [1.165, 1.54) is 5.01 Å². The van der Waals surface area contributed by atoms with Crippen LogP contribution in [0.1, 0.15) is 26.2 Å². The third-order valence-electron chi connectivity index (χ3n) is 2.08. The van der Waals surface area contributed by atoms with E-state index >= 15 is 0 Å². The van der Waals surface area contributed by atoms with Gasteiger partial charge in [-0.15, -0.1) is 0 Å². The number of rotatable bonds is 3. The molecule has 70 valence electrons. The molecule has 1 amide bonds. The van der Waals surface area contributed by atoms with E-state index in [0.29, 0.717) is 6.54 Å². The Labute approximate surface area is 72.7 Å². The molecule has 0 aromatic heterocycles. The molecular formula is C8H16N2O2. The van der Waals surface area contributed by atoms with E-state index in [1.807, 2.05) is 11.9 Å². The van der Waals surface area contributed by atoms with Crippen molar-refractivity contribution in [2.45, 2.75) is 26.2 Å². The molecule has 1 heterocycles.